The van der Waals surface area contributed by atoms with Crippen LogP contribution in [0.25, 0.3) is 0 Å². The molecule has 0 bridgehead atoms. The molecule has 2 aromatic rings. The zero-order valence-corrected chi connectivity index (χ0v) is 15.0. The van der Waals surface area contributed by atoms with Crippen molar-refractivity contribution in [2.75, 3.05) is 18.4 Å². The van der Waals surface area contributed by atoms with Gasteiger partial charge in [-0.25, -0.2) is 9.78 Å². The van der Waals surface area contributed by atoms with Crippen molar-refractivity contribution >= 4 is 11.7 Å². The maximum atomic E-state index is 12.4. The molecule has 1 fully saturated rings. The van der Waals surface area contributed by atoms with Crippen LogP contribution in [-0.2, 0) is 0 Å². The number of urea groups is 1. The number of carbonyl (C=O) groups excluding carboxylic acids is 1. The van der Waals surface area contributed by atoms with Crippen LogP contribution in [0, 0.1) is 20.8 Å². The van der Waals surface area contributed by atoms with Crippen molar-refractivity contribution in [3.8, 4) is 5.88 Å². The van der Waals surface area contributed by atoms with Crippen molar-refractivity contribution in [2.24, 2.45) is 0 Å². The number of benzene rings is 1. The van der Waals surface area contributed by atoms with Gasteiger partial charge < -0.3 is 15.0 Å². The third-order valence-corrected chi connectivity index (χ3v) is 4.26. The van der Waals surface area contributed by atoms with Crippen LogP contribution >= 0.6 is 0 Å². The Hall–Kier alpha value is -2.63. The molecule has 3 rings (SSSR count). The molecule has 0 radical (unpaired) electrons. The number of aromatic nitrogens is 2. The first kappa shape index (κ1) is 17.2. The van der Waals surface area contributed by atoms with Crippen LogP contribution in [0.1, 0.15) is 29.9 Å². The van der Waals surface area contributed by atoms with Crippen LogP contribution in [0.4, 0.5) is 10.5 Å². The highest BCUT2D eigenvalue weighted by molar-refractivity contribution is 5.89. The number of nitrogens with zero attached hydrogens (tertiary/aromatic N) is 3. The Balaban J connectivity index is 1.51. The summed E-state index contributed by atoms with van der Waals surface area (Å²) in [5, 5.41) is 2.94. The van der Waals surface area contributed by atoms with Gasteiger partial charge >= 0.3 is 6.03 Å². The number of carbonyl (C=O) groups is 1. The average Bonchev–Trinajstić information content (AvgIpc) is 2.56. The molecular formula is C19H24N4O2. The summed E-state index contributed by atoms with van der Waals surface area (Å²) < 4.78 is 5.97. The van der Waals surface area contributed by atoms with Crippen LogP contribution in [-0.4, -0.2) is 40.1 Å². The Morgan fingerprint density at radius 2 is 1.80 bits per heavy atom. The third-order valence-electron chi connectivity index (χ3n) is 4.26. The molecule has 0 atom stereocenters. The number of ether oxygens (including phenoxy) is 1. The molecule has 0 saturated carbocycles. The quantitative estimate of drug-likeness (QED) is 0.929. The molecule has 2 amide bonds. The minimum absolute atomic E-state index is 0.0592. The molecule has 6 heteroatoms. The van der Waals surface area contributed by atoms with Crippen molar-refractivity contribution in [2.45, 2.75) is 39.7 Å². The van der Waals surface area contributed by atoms with Gasteiger partial charge in [0.05, 0.1) is 0 Å². The Morgan fingerprint density at radius 3 is 2.44 bits per heavy atom. The number of aryl methyl sites for hydroxylation is 3. The summed E-state index contributed by atoms with van der Waals surface area (Å²) in [7, 11) is 0. The van der Waals surface area contributed by atoms with E-state index in [0.29, 0.717) is 24.8 Å². The first-order valence-electron chi connectivity index (χ1n) is 8.61. The lowest BCUT2D eigenvalue weighted by atomic mass is 10.1. The van der Waals surface area contributed by atoms with Gasteiger partial charge in [0.2, 0.25) is 5.88 Å². The van der Waals surface area contributed by atoms with Crippen molar-refractivity contribution in [1.29, 1.82) is 0 Å². The van der Waals surface area contributed by atoms with E-state index in [1.165, 1.54) is 5.56 Å². The first-order chi connectivity index (χ1) is 12.0. The highest BCUT2D eigenvalue weighted by Gasteiger charge is 2.24. The number of likely N-dealkylation sites (tertiary alicyclic amines) is 1. The molecule has 6 nitrogen and oxygen atoms in total. The minimum atomic E-state index is -0.0592. The van der Waals surface area contributed by atoms with E-state index in [1.807, 2.05) is 56.0 Å². The lowest BCUT2D eigenvalue weighted by Crippen LogP contribution is -2.43. The minimum Gasteiger partial charge on any atom is -0.474 e. The largest absolute Gasteiger partial charge is 0.474 e. The van der Waals surface area contributed by atoms with Gasteiger partial charge in [0, 0.05) is 43.4 Å². The second-order valence-corrected chi connectivity index (χ2v) is 6.50. The molecule has 1 aliphatic rings. The standard InChI is InChI=1S/C19H24N4O2/c1-13-4-6-16(7-5-13)22-19(24)23-10-8-17(9-11-23)25-18-12-14(2)20-15(3)21-18/h4-7,12,17H,8-11H2,1-3H3,(H,22,24). The fraction of sp³-hybridized carbons (Fsp3) is 0.421. The molecule has 1 saturated heterocycles. The van der Waals surface area contributed by atoms with Gasteiger partial charge in [0.25, 0.3) is 0 Å². The zero-order chi connectivity index (χ0) is 17.8. The number of nitrogens with one attached hydrogen (secondary N) is 1. The topological polar surface area (TPSA) is 67.4 Å². The van der Waals surface area contributed by atoms with E-state index in [4.69, 9.17) is 4.74 Å². The van der Waals surface area contributed by atoms with E-state index < -0.39 is 0 Å². The van der Waals surface area contributed by atoms with Crippen LogP contribution in [0.3, 0.4) is 0 Å². The Kier molecular flexibility index (Phi) is 5.16. The predicted octanol–water partition coefficient (Wildman–Crippen LogP) is 3.48. The summed E-state index contributed by atoms with van der Waals surface area (Å²) in [5.74, 6) is 1.33. The number of piperidine rings is 1. The molecule has 1 aromatic carbocycles. The number of amides is 2. The Morgan fingerprint density at radius 1 is 1.12 bits per heavy atom. The van der Waals surface area contributed by atoms with E-state index >= 15 is 0 Å². The maximum Gasteiger partial charge on any atom is 0.321 e. The number of anilines is 1. The summed E-state index contributed by atoms with van der Waals surface area (Å²) in [6.45, 7) is 7.16. The van der Waals surface area contributed by atoms with Gasteiger partial charge in [0.1, 0.15) is 11.9 Å². The highest BCUT2D eigenvalue weighted by Crippen LogP contribution is 2.19. The SMILES string of the molecule is Cc1ccc(NC(=O)N2CCC(Oc3cc(C)nc(C)n3)CC2)cc1. The van der Waals surface area contributed by atoms with Crippen LogP contribution < -0.4 is 10.1 Å². The number of hydrogen-bond acceptors (Lipinski definition) is 4. The molecule has 0 spiro atoms. The second-order valence-electron chi connectivity index (χ2n) is 6.50. The summed E-state index contributed by atoms with van der Waals surface area (Å²) >= 11 is 0. The molecular weight excluding hydrogens is 316 g/mol. The normalized spacial score (nSPS) is 15.1. The molecule has 1 N–H and O–H groups in total. The molecule has 25 heavy (non-hydrogen) atoms. The van der Waals surface area contributed by atoms with Gasteiger partial charge in [-0.05, 0) is 32.9 Å². The van der Waals surface area contributed by atoms with E-state index in [2.05, 4.69) is 15.3 Å². The lowest BCUT2D eigenvalue weighted by Gasteiger charge is -2.32. The van der Waals surface area contributed by atoms with E-state index in [-0.39, 0.29) is 12.1 Å². The maximum absolute atomic E-state index is 12.4. The van der Waals surface area contributed by atoms with Gasteiger partial charge in [-0.15, -0.1) is 0 Å². The van der Waals surface area contributed by atoms with Crippen molar-refractivity contribution < 1.29 is 9.53 Å². The molecule has 1 aromatic heterocycles. The average molecular weight is 340 g/mol. The summed E-state index contributed by atoms with van der Waals surface area (Å²) in [4.78, 5) is 22.8. The summed E-state index contributed by atoms with van der Waals surface area (Å²) in [6, 6.07) is 9.61. The smallest absolute Gasteiger partial charge is 0.321 e. The number of rotatable bonds is 3. The monoisotopic (exact) mass is 340 g/mol. The lowest BCUT2D eigenvalue weighted by molar-refractivity contribution is 0.111. The van der Waals surface area contributed by atoms with Gasteiger partial charge in [0.15, 0.2) is 0 Å². The zero-order valence-electron chi connectivity index (χ0n) is 15.0. The molecule has 1 aliphatic heterocycles. The van der Waals surface area contributed by atoms with Gasteiger partial charge in [-0.1, -0.05) is 17.7 Å². The summed E-state index contributed by atoms with van der Waals surface area (Å²) in [6.07, 6.45) is 1.67. The summed E-state index contributed by atoms with van der Waals surface area (Å²) in [5.41, 5.74) is 2.89. The van der Waals surface area contributed by atoms with E-state index in [0.717, 1.165) is 24.2 Å². The Bertz CT molecular complexity index is 717. The van der Waals surface area contributed by atoms with Crippen molar-refractivity contribution in [3.05, 3.63) is 47.4 Å². The molecule has 2 heterocycles. The van der Waals surface area contributed by atoms with Gasteiger partial charge in [-0.3, -0.25) is 0 Å². The van der Waals surface area contributed by atoms with E-state index in [1.54, 1.807) is 0 Å². The van der Waals surface area contributed by atoms with Crippen molar-refractivity contribution in [1.82, 2.24) is 14.9 Å². The first-order valence-corrected chi connectivity index (χ1v) is 8.61. The van der Waals surface area contributed by atoms with Crippen LogP contribution in [0.15, 0.2) is 30.3 Å². The van der Waals surface area contributed by atoms with Gasteiger partial charge in [-0.2, -0.15) is 4.98 Å². The predicted molar refractivity (Wildman–Crippen MR) is 96.9 cm³/mol. The molecule has 0 unspecified atom stereocenters. The molecule has 0 aliphatic carbocycles. The fourth-order valence-electron chi connectivity index (χ4n) is 2.93. The molecule has 132 valence electrons. The fourth-order valence-corrected chi connectivity index (χ4v) is 2.93. The number of hydrogen-bond donors (Lipinski definition) is 1. The van der Waals surface area contributed by atoms with Crippen LogP contribution in [0.2, 0.25) is 0 Å². The van der Waals surface area contributed by atoms with Crippen molar-refractivity contribution in [3.63, 3.8) is 0 Å². The Labute approximate surface area is 148 Å². The third kappa shape index (κ3) is 4.68. The van der Waals surface area contributed by atoms with Crippen LogP contribution in [0.5, 0.6) is 5.88 Å². The second kappa shape index (κ2) is 7.51. The highest BCUT2D eigenvalue weighted by atomic mass is 16.5. The van der Waals surface area contributed by atoms with E-state index in [9.17, 15) is 4.79 Å².